The second-order valence-electron chi connectivity index (χ2n) is 3.34. The van der Waals surface area contributed by atoms with Crippen LogP contribution in [-0.2, 0) is 19.1 Å². The maximum atomic E-state index is 11.2. The smallest absolute Gasteiger partial charge is 0.325 e. The van der Waals surface area contributed by atoms with E-state index in [1.165, 1.54) is 6.92 Å². The van der Waals surface area contributed by atoms with E-state index in [1.54, 1.807) is 7.11 Å². The molecule has 0 heterocycles. The van der Waals surface area contributed by atoms with Crippen molar-refractivity contribution in [1.82, 2.24) is 5.32 Å². The molecule has 0 bridgehead atoms. The highest BCUT2D eigenvalue weighted by Gasteiger charge is 2.12. The van der Waals surface area contributed by atoms with Gasteiger partial charge in [-0.25, -0.2) is 0 Å². The molecule has 0 radical (unpaired) electrons. The number of nitrogens with one attached hydrogen (secondary N) is 1. The minimum absolute atomic E-state index is 0.268. The summed E-state index contributed by atoms with van der Waals surface area (Å²) in [6.07, 6.45) is 0.840. The molecule has 94 valence electrons. The Balaban J connectivity index is 3.40. The SMILES string of the molecule is COCCOCCCC(=O)N[C@@H](C)C(=O)O. The molecule has 0 aliphatic carbocycles. The third-order valence-electron chi connectivity index (χ3n) is 1.87. The van der Waals surface area contributed by atoms with E-state index in [9.17, 15) is 9.59 Å². The number of carboxylic acids is 1. The van der Waals surface area contributed by atoms with E-state index in [-0.39, 0.29) is 12.3 Å². The highest BCUT2D eigenvalue weighted by atomic mass is 16.5. The Kier molecular flexibility index (Phi) is 8.46. The summed E-state index contributed by atoms with van der Waals surface area (Å²) in [4.78, 5) is 21.6. The highest BCUT2D eigenvalue weighted by molar-refractivity contribution is 5.83. The molecule has 16 heavy (non-hydrogen) atoms. The van der Waals surface area contributed by atoms with Gasteiger partial charge in [0.25, 0.3) is 0 Å². The van der Waals surface area contributed by atoms with Gasteiger partial charge >= 0.3 is 5.97 Å². The predicted octanol–water partition coefficient (Wildman–Crippen LogP) is 0.0189. The largest absolute Gasteiger partial charge is 0.480 e. The first-order chi connectivity index (χ1) is 7.57. The maximum Gasteiger partial charge on any atom is 0.325 e. The van der Waals surface area contributed by atoms with E-state index in [1.807, 2.05) is 0 Å². The molecule has 0 aromatic carbocycles. The number of ether oxygens (including phenoxy) is 2. The molecule has 0 aliphatic heterocycles. The zero-order valence-corrected chi connectivity index (χ0v) is 9.69. The van der Waals surface area contributed by atoms with Crippen LogP contribution in [0.15, 0.2) is 0 Å². The summed E-state index contributed by atoms with van der Waals surface area (Å²) in [5, 5.41) is 10.9. The Morgan fingerprint density at radius 2 is 2.00 bits per heavy atom. The summed E-state index contributed by atoms with van der Waals surface area (Å²) in [6, 6.07) is -0.845. The van der Waals surface area contributed by atoms with Crippen LogP contribution in [-0.4, -0.2) is 50.0 Å². The molecule has 0 spiro atoms. The second kappa shape index (κ2) is 9.11. The number of aliphatic carboxylic acids is 1. The molecule has 2 N–H and O–H groups in total. The van der Waals surface area contributed by atoms with Gasteiger partial charge in [-0.3, -0.25) is 9.59 Å². The van der Waals surface area contributed by atoms with Crippen molar-refractivity contribution in [3.05, 3.63) is 0 Å². The summed E-state index contributed by atoms with van der Waals surface area (Å²) in [5.41, 5.74) is 0. The molecule has 0 saturated heterocycles. The van der Waals surface area contributed by atoms with Gasteiger partial charge in [-0.15, -0.1) is 0 Å². The summed E-state index contributed by atoms with van der Waals surface area (Å²) in [7, 11) is 1.59. The van der Waals surface area contributed by atoms with Gasteiger partial charge in [0.05, 0.1) is 13.2 Å². The molecule has 6 heteroatoms. The van der Waals surface area contributed by atoms with Crippen LogP contribution in [0.25, 0.3) is 0 Å². The molecular formula is C10H19NO5. The number of hydrogen-bond donors (Lipinski definition) is 2. The summed E-state index contributed by atoms with van der Waals surface area (Å²) < 4.78 is 9.93. The Labute approximate surface area is 94.9 Å². The van der Waals surface area contributed by atoms with Gasteiger partial charge in [-0.2, -0.15) is 0 Å². The molecular weight excluding hydrogens is 214 g/mol. The molecule has 1 amide bonds. The summed E-state index contributed by atoms with van der Waals surface area (Å²) in [6.45, 7) is 2.93. The van der Waals surface area contributed by atoms with Crippen molar-refractivity contribution in [2.45, 2.75) is 25.8 Å². The van der Waals surface area contributed by atoms with Gasteiger partial charge < -0.3 is 19.9 Å². The predicted molar refractivity (Wildman–Crippen MR) is 57.2 cm³/mol. The fraction of sp³-hybridized carbons (Fsp3) is 0.800. The van der Waals surface area contributed by atoms with E-state index in [0.717, 1.165) is 0 Å². The highest BCUT2D eigenvalue weighted by Crippen LogP contribution is 1.92. The molecule has 0 saturated carbocycles. The first-order valence-electron chi connectivity index (χ1n) is 5.16. The van der Waals surface area contributed by atoms with Crippen molar-refractivity contribution < 1.29 is 24.2 Å². The first-order valence-corrected chi connectivity index (χ1v) is 5.16. The molecule has 0 aliphatic rings. The van der Waals surface area contributed by atoms with Gasteiger partial charge in [0.1, 0.15) is 6.04 Å². The van der Waals surface area contributed by atoms with Crippen molar-refractivity contribution in [3.63, 3.8) is 0 Å². The van der Waals surface area contributed by atoms with Crippen molar-refractivity contribution in [2.24, 2.45) is 0 Å². The van der Waals surface area contributed by atoms with Crippen LogP contribution < -0.4 is 5.32 Å². The minimum atomic E-state index is -1.04. The lowest BCUT2D eigenvalue weighted by Gasteiger charge is -2.09. The van der Waals surface area contributed by atoms with Crippen LogP contribution in [0.5, 0.6) is 0 Å². The molecule has 1 atom stereocenters. The lowest BCUT2D eigenvalue weighted by molar-refractivity contribution is -0.141. The van der Waals surface area contributed by atoms with Crippen molar-refractivity contribution >= 4 is 11.9 Å². The van der Waals surface area contributed by atoms with E-state index in [4.69, 9.17) is 14.6 Å². The summed E-state index contributed by atoms with van der Waals surface area (Å²) >= 11 is 0. The Hall–Kier alpha value is -1.14. The van der Waals surface area contributed by atoms with Gasteiger partial charge in [0.15, 0.2) is 0 Å². The minimum Gasteiger partial charge on any atom is -0.480 e. The quantitative estimate of drug-likeness (QED) is 0.548. The van der Waals surface area contributed by atoms with E-state index in [2.05, 4.69) is 5.32 Å². The fourth-order valence-electron chi connectivity index (χ4n) is 0.954. The number of amides is 1. The molecule has 0 aromatic heterocycles. The van der Waals surface area contributed by atoms with Gasteiger partial charge in [0.2, 0.25) is 5.91 Å². The Bertz CT molecular complexity index is 219. The third kappa shape index (κ3) is 8.19. The molecule has 0 aromatic rings. The number of carbonyl (C=O) groups is 2. The van der Waals surface area contributed by atoms with Crippen LogP contribution in [0.2, 0.25) is 0 Å². The zero-order chi connectivity index (χ0) is 12.4. The zero-order valence-electron chi connectivity index (χ0n) is 9.69. The third-order valence-corrected chi connectivity index (χ3v) is 1.87. The normalized spacial score (nSPS) is 12.1. The molecule has 6 nitrogen and oxygen atoms in total. The lowest BCUT2D eigenvalue weighted by Crippen LogP contribution is -2.38. The topological polar surface area (TPSA) is 84.9 Å². The van der Waals surface area contributed by atoms with Crippen LogP contribution >= 0.6 is 0 Å². The second-order valence-corrected chi connectivity index (χ2v) is 3.34. The van der Waals surface area contributed by atoms with E-state index < -0.39 is 12.0 Å². The number of hydrogen-bond acceptors (Lipinski definition) is 4. The maximum absolute atomic E-state index is 11.2. The molecule has 0 fully saturated rings. The van der Waals surface area contributed by atoms with E-state index >= 15 is 0 Å². The van der Waals surface area contributed by atoms with Crippen LogP contribution in [0.4, 0.5) is 0 Å². The fourth-order valence-corrected chi connectivity index (χ4v) is 0.954. The monoisotopic (exact) mass is 233 g/mol. The number of methoxy groups -OCH3 is 1. The van der Waals surface area contributed by atoms with Crippen molar-refractivity contribution in [1.29, 1.82) is 0 Å². The Morgan fingerprint density at radius 3 is 2.56 bits per heavy atom. The van der Waals surface area contributed by atoms with Crippen molar-refractivity contribution in [3.8, 4) is 0 Å². The molecule has 0 rings (SSSR count). The van der Waals surface area contributed by atoms with Gasteiger partial charge in [-0.05, 0) is 13.3 Å². The van der Waals surface area contributed by atoms with Crippen LogP contribution in [0.1, 0.15) is 19.8 Å². The van der Waals surface area contributed by atoms with Crippen molar-refractivity contribution in [2.75, 3.05) is 26.9 Å². The number of carboxylic acid groups (broad SMARTS) is 1. The van der Waals surface area contributed by atoms with Gasteiger partial charge in [-0.1, -0.05) is 0 Å². The average Bonchev–Trinajstić information content (AvgIpc) is 2.23. The number of rotatable bonds is 9. The standard InChI is InChI=1S/C10H19NO5/c1-8(10(13)14)11-9(12)4-3-5-16-7-6-15-2/h8H,3-7H2,1-2H3,(H,11,12)(H,13,14)/t8-/m0/s1. The van der Waals surface area contributed by atoms with E-state index in [0.29, 0.717) is 26.2 Å². The summed E-state index contributed by atoms with van der Waals surface area (Å²) in [5.74, 6) is -1.31. The molecule has 0 unspecified atom stereocenters. The Morgan fingerprint density at radius 1 is 1.31 bits per heavy atom. The van der Waals surface area contributed by atoms with Gasteiger partial charge in [0, 0.05) is 20.1 Å². The lowest BCUT2D eigenvalue weighted by atomic mass is 10.2. The average molecular weight is 233 g/mol. The number of carbonyl (C=O) groups excluding carboxylic acids is 1. The van der Waals surface area contributed by atoms with Crippen LogP contribution in [0, 0.1) is 0 Å². The first kappa shape index (κ1) is 14.9. The van der Waals surface area contributed by atoms with Crippen LogP contribution in [0.3, 0.4) is 0 Å².